The predicted molar refractivity (Wildman–Crippen MR) is 297 cm³/mol. The minimum Gasteiger partial charge on any atom is -0.386 e. The Labute approximate surface area is 423 Å². The number of hydrogen-bond acceptors (Lipinski definition) is 7. The van der Waals surface area contributed by atoms with E-state index in [1.807, 2.05) is 50.5 Å². The molecule has 7 heteroatoms. The van der Waals surface area contributed by atoms with Crippen molar-refractivity contribution in [3.8, 4) is 22.3 Å². The molecule has 0 saturated heterocycles. The maximum atomic E-state index is 13.9. The largest absolute Gasteiger partial charge is 0.386 e. The van der Waals surface area contributed by atoms with Crippen LogP contribution in [0.4, 0.5) is 11.4 Å². The zero-order valence-electron chi connectivity index (χ0n) is 44.9. The highest BCUT2D eigenvalue weighted by Gasteiger charge is 2.35. The Balaban J connectivity index is 1.17. The number of allylic oxidation sites excluding steroid dienone is 1. The summed E-state index contributed by atoms with van der Waals surface area (Å²) in [5, 5.41) is 12.0. The molecule has 0 heterocycles. The first-order chi connectivity index (χ1) is 33.1. The summed E-state index contributed by atoms with van der Waals surface area (Å²) in [6, 6.07) is 38.3. The summed E-state index contributed by atoms with van der Waals surface area (Å²) in [5.74, 6) is -1.71. The monoisotopic (exact) mass is 951 g/mol. The zero-order valence-corrected chi connectivity index (χ0v) is 44.9. The molecule has 71 heavy (non-hydrogen) atoms. The van der Waals surface area contributed by atoms with Crippen LogP contribution in [0.1, 0.15) is 159 Å². The molecule has 0 aliphatic heterocycles. The van der Waals surface area contributed by atoms with Crippen LogP contribution in [0.3, 0.4) is 0 Å². The molecule has 0 aliphatic carbocycles. The predicted octanol–water partition coefficient (Wildman–Crippen LogP) is 15.0. The van der Waals surface area contributed by atoms with Crippen LogP contribution >= 0.6 is 0 Å². The molecule has 6 aromatic carbocycles. The van der Waals surface area contributed by atoms with Crippen molar-refractivity contribution in [2.75, 3.05) is 38.0 Å². The number of carbonyl (C=O) groups excluding carboxylic acids is 3. The number of hydrogen-bond donors (Lipinski definition) is 1. The summed E-state index contributed by atoms with van der Waals surface area (Å²) in [5.41, 5.74) is 13.6. The summed E-state index contributed by atoms with van der Waals surface area (Å²) in [7, 11) is 8.23. The van der Waals surface area contributed by atoms with Gasteiger partial charge in [0, 0.05) is 56.3 Å². The maximum absolute atomic E-state index is 13.9. The Morgan fingerprint density at radius 3 is 1.45 bits per heavy atom. The van der Waals surface area contributed by atoms with E-state index in [0.717, 1.165) is 55.9 Å². The van der Waals surface area contributed by atoms with Crippen LogP contribution in [-0.4, -0.2) is 51.0 Å². The number of aliphatic hydroxyl groups excluding tert-OH is 1. The molecule has 6 aromatic rings. The summed E-state index contributed by atoms with van der Waals surface area (Å²) < 4.78 is 5.29. The molecule has 0 fully saturated rings. The van der Waals surface area contributed by atoms with Gasteiger partial charge in [0.15, 0.2) is 5.78 Å². The number of nitrogens with zero attached hydrogens (tertiary/aromatic N) is 2. The van der Waals surface area contributed by atoms with Gasteiger partial charge in [-0.2, -0.15) is 0 Å². The molecule has 0 radical (unpaired) electrons. The summed E-state index contributed by atoms with van der Waals surface area (Å²) in [6.07, 6.45) is 5.97. The lowest BCUT2D eigenvalue weighted by Gasteiger charge is -2.38. The molecule has 0 bridgehead atoms. The van der Waals surface area contributed by atoms with E-state index in [2.05, 4.69) is 149 Å². The van der Waals surface area contributed by atoms with Crippen molar-refractivity contribution in [1.82, 2.24) is 0 Å². The second kappa shape index (κ2) is 20.9. The van der Waals surface area contributed by atoms with E-state index in [0.29, 0.717) is 11.1 Å². The van der Waals surface area contributed by atoms with Gasteiger partial charge in [-0.25, -0.2) is 9.59 Å². The van der Waals surface area contributed by atoms with Gasteiger partial charge in [0.05, 0.1) is 17.2 Å². The molecule has 1 unspecified atom stereocenters. The number of ketones is 1. The zero-order chi connectivity index (χ0) is 52.4. The van der Waals surface area contributed by atoms with Crippen molar-refractivity contribution in [2.24, 2.45) is 0 Å². The van der Waals surface area contributed by atoms with E-state index in [1.54, 1.807) is 66.8 Å². The quantitative estimate of drug-likeness (QED) is 0.0566. The van der Waals surface area contributed by atoms with E-state index in [1.165, 1.54) is 11.1 Å². The fourth-order valence-electron chi connectivity index (χ4n) is 9.20. The minimum absolute atomic E-state index is 0.0169. The summed E-state index contributed by atoms with van der Waals surface area (Å²) in [6.45, 7) is 26.3. The number of carbonyl (C=O) groups is 3. The Kier molecular flexibility index (Phi) is 15.7. The van der Waals surface area contributed by atoms with Crippen molar-refractivity contribution in [3.63, 3.8) is 0 Å². The summed E-state index contributed by atoms with van der Waals surface area (Å²) in [4.78, 5) is 44.5. The van der Waals surface area contributed by atoms with Gasteiger partial charge in [0.25, 0.3) is 0 Å². The molecule has 0 aliphatic rings. The van der Waals surface area contributed by atoms with Crippen LogP contribution in [0.25, 0.3) is 34.4 Å². The molecule has 0 aromatic heterocycles. The van der Waals surface area contributed by atoms with E-state index in [-0.39, 0.29) is 38.6 Å². The Morgan fingerprint density at radius 1 is 0.507 bits per heavy atom. The van der Waals surface area contributed by atoms with Crippen molar-refractivity contribution >= 4 is 41.2 Å². The fraction of sp³-hybridized carbons (Fsp3) is 0.328. The van der Waals surface area contributed by atoms with Gasteiger partial charge in [0.2, 0.25) is 0 Å². The van der Waals surface area contributed by atoms with Gasteiger partial charge in [-0.05, 0) is 120 Å². The first-order valence-electron chi connectivity index (χ1n) is 24.5. The highest BCUT2D eigenvalue weighted by atomic mass is 16.6. The first-order valence-corrected chi connectivity index (χ1v) is 24.5. The Hall–Kier alpha value is -6.83. The number of esters is 2. The van der Waals surface area contributed by atoms with Gasteiger partial charge in [-0.1, -0.05) is 180 Å². The van der Waals surface area contributed by atoms with Crippen molar-refractivity contribution in [1.29, 1.82) is 0 Å². The number of rotatable bonds is 12. The Bertz CT molecular complexity index is 2950. The Morgan fingerprint density at radius 2 is 0.986 bits per heavy atom. The third-order valence-corrected chi connectivity index (χ3v) is 12.8. The van der Waals surface area contributed by atoms with Crippen molar-refractivity contribution in [3.05, 3.63) is 189 Å². The molecule has 7 nitrogen and oxygen atoms in total. The molecule has 0 amide bonds. The molecule has 0 saturated carbocycles. The highest BCUT2D eigenvalue weighted by Crippen LogP contribution is 2.48. The molecular formula is C64H74N2O5. The number of anilines is 2. The van der Waals surface area contributed by atoms with Gasteiger partial charge in [0.1, 0.15) is 0 Å². The lowest BCUT2D eigenvalue weighted by Crippen LogP contribution is -2.28. The molecule has 6 rings (SSSR count). The van der Waals surface area contributed by atoms with Gasteiger partial charge in [-0.15, -0.1) is 0 Å². The average molecular weight is 951 g/mol. The first kappa shape index (κ1) is 53.5. The topological polar surface area (TPSA) is 87.1 Å². The van der Waals surface area contributed by atoms with E-state index < -0.39 is 18.0 Å². The number of benzene rings is 6. The maximum Gasteiger partial charge on any atom is 0.346 e. The molecule has 370 valence electrons. The number of aliphatic hydroxyl groups is 1. The minimum atomic E-state index is -0.925. The third kappa shape index (κ3) is 12.6. The summed E-state index contributed by atoms with van der Waals surface area (Å²) >= 11 is 0. The molecule has 1 atom stereocenters. The second-order valence-corrected chi connectivity index (χ2v) is 23.2. The van der Waals surface area contributed by atoms with Crippen LogP contribution < -0.4 is 9.80 Å². The van der Waals surface area contributed by atoms with Crippen LogP contribution in [0, 0.1) is 0 Å². The van der Waals surface area contributed by atoms with E-state index in [9.17, 15) is 19.5 Å². The molecule has 0 spiro atoms. The lowest BCUT2D eigenvalue weighted by atomic mass is 9.70. The fourth-order valence-corrected chi connectivity index (χ4v) is 9.20. The van der Waals surface area contributed by atoms with Crippen LogP contribution in [-0.2, 0) is 26.4 Å². The van der Waals surface area contributed by atoms with Crippen molar-refractivity contribution < 1.29 is 24.2 Å². The van der Waals surface area contributed by atoms with Gasteiger partial charge >= 0.3 is 11.9 Å². The van der Waals surface area contributed by atoms with Crippen LogP contribution in [0.5, 0.6) is 0 Å². The SMILES string of the molecule is CN(C)c1c(-c2ccc(C(C)(C)C)cc2)cc(C(=O)C=Cc2ccc(C(=O)OC(=O)c3ccc(C=CC(O)c4cc(-c5ccccc5)c(N(C)C)c(C(C)(C)C)c4C(C)(C)C)cc3)cc2)cc1C(C)(C)C. The van der Waals surface area contributed by atoms with Crippen molar-refractivity contribution in [2.45, 2.75) is 111 Å². The van der Waals surface area contributed by atoms with Crippen LogP contribution in [0.15, 0.2) is 133 Å². The smallest absolute Gasteiger partial charge is 0.346 e. The lowest BCUT2D eigenvalue weighted by molar-refractivity contribution is 0.0397. The molecule has 1 N–H and O–H groups in total. The highest BCUT2D eigenvalue weighted by molar-refractivity contribution is 6.09. The van der Waals surface area contributed by atoms with E-state index >= 15 is 0 Å². The second-order valence-electron chi connectivity index (χ2n) is 23.2. The normalized spacial score (nSPS) is 12.9. The van der Waals surface area contributed by atoms with E-state index in [4.69, 9.17) is 4.74 Å². The molecular weight excluding hydrogens is 877 g/mol. The van der Waals surface area contributed by atoms with Gasteiger partial charge in [-0.3, -0.25) is 4.79 Å². The average Bonchev–Trinajstić information content (AvgIpc) is 3.30. The third-order valence-electron chi connectivity index (χ3n) is 12.8. The standard InChI is InChI=1S/C64H74N2O5/c1-61(2,3)48-34-32-44(33-35-48)49-38-47(39-52(62(4,5)6)57(49)65(13)14)53(67)36-26-41-22-28-45(29-23-41)59(69)71-60(70)46-30-24-42(25-31-46)27-37-54(68)51-40-50(43-20-18-17-19-21-43)58(66(15)16)56(64(10,11)12)55(51)63(7,8)9/h17-40,54,68H,1-16H3. The van der Waals surface area contributed by atoms with Crippen LogP contribution in [0.2, 0.25) is 0 Å². The van der Waals surface area contributed by atoms with Gasteiger partial charge < -0.3 is 19.6 Å². The number of ether oxygens (including phenoxy) is 1.